The number of fused-ring (bicyclic) bond motifs is 11. The molecule has 3 heterocycles. The first-order valence-corrected chi connectivity index (χ1v) is 25.4. The molecule has 346 valence electrons. The number of hydrogen-bond acceptors (Lipinski definition) is 4. The van der Waals surface area contributed by atoms with E-state index in [0.717, 1.165) is 35.1 Å². The van der Waals surface area contributed by atoms with E-state index in [1.165, 1.54) is 112 Å². The lowest BCUT2D eigenvalue weighted by molar-refractivity contribution is 0.332. The molecule has 0 aromatic heterocycles. The van der Waals surface area contributed by atoms with Crippen LogP contribution in [0, 0.1) is 13.8 Å². The van der Waals surface area contributed by atoms with E-state index < -0.39 is 0 Å². The first kappa shape index (κ1) is 43.1. The van der Waals surface area contributed by atoms with Crippen LogP contribution in [0.4, 0.5) is 28.4 Å². The number of para-hydroxylation sites is 2. The standard InChI is InChI=1S/C65H61BN2O2/c1-38-31-45-42-26-27-47-59(43-21-15-16-22-46(43)65(47,10)11)61(42)68(51-28-25-41(62(3,4)5)34-44(51)40-19-13-12-14-20-40)66-50-36-57-58(70-56-24-18-17-23-55(56)69-57)37-53(50)67(54(32-38)60(45)66)52-35-49-48(33-39(52)2)63(6,7)29-30-64(49,8)9/h12-28,31-37H,29-30H2,1-11H3. The Morgan fingerprint density at radius 1 is 0.500 bits per heavy atom. The molecule has 3 aliphatic heterocycles. The van der Waals surface area contributed by atoms with Crippen LogP contribution in [0.25, 0.3) is 33.4 Å². The molecule has 0 bridgehead atoms. The maximum absolute atomic E-state index is 6.92. The molecule has 8 aromatic rings. The van der Waals surface area contributed by atoms with Crippen molar-refractivity contribution in [1.82, 2.24) is 0 Å². The molecule has 13 rings (SSSR count). The van der Waals surface area contributed by atoms with E-state index in [-0.39, 0.29) is 28.5 Å². The van der Waals surface area contributed by atoms with E-state index in [9.17, 15) is 0 Å². The highest BCUT2D eigenvalue weighted by atomic mass is 16.6. The van der Waals surface area contributed by atoms with Gasteiger partial charge in [-0.05, 0) is 152 Å². The third kappa shape index (κ3) is 6.09. The highest BCUT2D eigenvalue weighted by molar-refractivity contribution is 6.94. The monoisotopic (exact) mass is 912 g/mol. The van der Waals surface area contributed by atoms with Crippen molar-refractivity contribution in [3.8, 4) is 56.4 Å². The fraction of sp³-hybridized carbons (Fsp3) is 0.262. The Hall–Kier alpha value is -6.98. The Balaban J connectivity index is 1.18. The summed E-state index contributed by atoms with van der Waals surface area (Å²) >= 11 is 0. The van der Waals surface area contributed by atoms with E-state index >= 15 is 0 Å². The first-order valence-electron chi connectivity index (χ1n) is 25.4. The van der Waals surface area contributed by atoms with Crippen LogP contribution in [0.5, 0.6) is 23.0 Å². The molecule has 0 radical (unpaired) electrons. The van der Waals surface area contributed by atoms with Crippen LogP contribution in [0.3, 0.4) is 0 Å². The summed E-state index contributed by atoms with van der Waals surface area (Å²) in [5.74, 6) is 2.89. The summed E-state index contributed by atoms with van der Waals surface area (Å²) in [5, 5.41) is 0. The van der Waals surface area contributed by atoms with Gasteiger partial charge in [-0.1, -0.05) is 159 Å². The van der Waals surface area contributed by atoms with Gasteiger partial charge in [0.25, 0.3) is 0 Å². The predicted octanol–water partition coefficient (Wildman–Crippen LogP) is 16.5. The Labute approximate surface area is 415 Å². The number of hydrogen-bond donors (Lipinski definition) is 0. The van der Waals surface area contributed by atoms with Gasteiger partial charge in [0.1, 0.15) is 0 Å². The average Bonchev–Trinajstić information content (AvgIpc) is 3.57. The zero-order chi connectivity index (χ0) is 48.4. The van der Waals surface area contributed by atoms with Gasteiger partial charge in [-0.25, -0.2) is 0 Å². The molecule has 2 aliphatic carbocycles. The van der Waals surface area contributed by atoms with Gasteiger partial charge in [-0.3, -0.25) is 0 Å². The van der Waals surface area contributed by atoms with Gasteiger partial charge in [0.15, 0.2) is 23.0 Å². The molecule has 0 fully saturated rings. The molecule has 0 spiro atoms. The third-order valence-corrected chi connectivity index (χ3v) is 16.9. The van der Waals surface area contributed by atoms with E-state index in [1.54, 1.807) is 0 Å². The molecule has 5 heteroatoms. The molecule has 0 saturated heterocycles. The highest BCUT2D eigenvalue weighted by Gasteiger charge is 2.50. The Kier molecular flexibility index (Phi) is 8.95. The van der Waals surface area contributed by atoms with E-state index in [0.29, 0.717) is 0 Å². The predicted molar refractivity (Wildman–Crippen MR) is 293 cm³/mol. The normalized spacial score (nSPS) is 16.9. The SMILES string of the molecule is Cc1cc2c3c(c1)N(c1cc4c(cc1C)C(C)(C)CCC4(C)C)c1cc4c(cc1B3N(c1ccc(C(C)(C)C)cc1-c1ccccc1)c1c-2ccc2c1-c1ccccc1C2(C)C)Oc1ccccc1O4. The van der Waals surface area contributed by atoms with Gasteiger partial charge in [0, 0.05) is 56.6 Å². The molecule has 0 unspecified atom stereocenters. The third-order valence-electron chi connectivity index (χ3n) is 16.9. The van der Waals surface area contributed by atoms with Gasteiger partial charge in [0.05, 0.1) is 0 Å². The molecule has 70 heavy (non-hydrogen) atoms. The van der Waals surface area contributed by atoms with Gasteiger partial charge >= 0.3 is 6.85 Å². The number of ether oxygens (including phenoxy) is 2. The Morgan fingerprint density at radius 3 is 1.87 bits per heavy atom. The second kappa shape index (κ2) is 14.5. The van der Waals surface area contributed by atoms with E-state index in [2.05, 4.69) is 207 Å². The summed E-state index contributed by atoms with van der Waals surface area (Å²) in [4.78, 5) is 5.33. The lowest BCUT2D eigenvalue weighted by Crippen LogP contribution is -2.62. The van der Waals surface area contributed by atoms with Crippen molar-refractivity contribution in [3.05, 3.63) is 185 Å². The Morgan fingerprint density at radius 2 is 1.16 bits per heavy atom. The van der Waals surface area contributed by atoms with Crippen LogP contribution in [-0.4, -0.2) is 6.85 Å². The van der Waals surface area contributed by atoms with Crippen molar-refractivity contribution < 1.29 is 9.47 Å². The van der Waals surface area contributed by atoms with Crippen LogP contribution >= 0.6 is 0 Å². The number of aryl methyl sites for hydroxylation is 2. The minimum absolute atomic E-state index is 0.0181. The van der Waals surface area contributed by atoms with Crippen molar-refractivity contribution in [3.63, 3.8) is 0 Å². The molecular formula is C65H61BN2O2. The average molecular weight is 913 g/mol. The highest BCUT2D eigenvalue weighted by Crippen LogP contribution is 2.60. The van der Waals surface area contributed by atoms with Crippen LogP contribution in [0.1, 0.15) is 114 Å². The zero-order valence-corrected chi connectivity index (χ0v) is 42.6. The van der Waals surface area contributed by atoms with Gasteiger partial charge in [-0.2, -0.15) is 0 Å². The number of anilines is 5. The van der Waals surface area contributed by atoms with Crippen LogP contribution in [-0.2, 0) is 21.7 Å². The Bertz CT molecular complexity index is 3560. The second-order valence-corrected chi connectivity index (χ2v) is 23.7. The molecular weight excluding hydrogens is 852 g/mol. The summed E-state index contributed by atoms with van der Waals surface area (Å²) in [6.45, 7) is 25.9. The smallest absolute Gasteiger partial charge is 0.333 e. The van der Waals surface area contributed by atoms with E-state index in [1.807, 2.05) is 24.3 Å². The maximum Gasteiger partial charge on any atom is 0.333 e. The summed E-state index contributed by atoms with van der Waals surface area (Å²) < 4.78 is 13.8. The molecule has 0 amide bonds. The largest absolute Gasteiger partial charge is 0.450 e. The molecule has 0 saturated carbocycles. The van der Waals surface area contributed by atoms with Crippen LogP contribution < -0.4 is 30.1 Å². The minimum atomic E-state index is -0.256. The molecule has 0 atom stereocenters. The number of benzene rings is 8. The quantitative estimate of drug-likeness (QED) is 0.165. The zero-order valence-electron chi connectivity index (χ0n) is 42.6. The summed E-state index contributed by atoms with van der Waals surface area (Å²) in [7, 11) is 0. The molecule has 8 aromatic carbocycles. The summed E-state index contributed by atoms with van der Waals surface area (Å²) in [5.41, 5.74) is 25.2. The lowest BCUT2D eigenvalue weighted by atomic mass is 9.43. The van der Waals surface area contributed by atoms with Crippen molar-refractivity contribution >= 4 is 46.2 Å². The van der Waals surface area contributed by atoms with Crippen molar-refractivity contribution in [2.75, 3.05) is 9.71 Å². The van der Waals surface area contributed by atoms with Crippen molar-refractivity contribution in [1.29, 1.82) is 0 Å². The van der Waals surface area contributed by atoms with Crippen LogP contribution in [0.15, 0.2) is 146 Å². The molecule has 4 nitrogen and oxygen atoms in total. The fourth-order valence-corrected chi connectivity index (χ4v) is 12.9. The number of rotatable bonds is 3. The molecule has 0 N–H and O–H groups in total. The maximum atomic E-state index is 6.92. The van der Waals surface area contributed by atoms with Gasteiger partial charge < -0.3 is 19.2 Å². The van der Waals surface area contributed by atoms with Crippen LogP contribution in [0.2, 0.25) is 0 Å². The topological polar surface area (TPSA) is 24.9 Å². The van der Waals surface area contributed by atoms with E-state index in [4.69, 9.17) is 9.47 Å². The van der Waals surface area contributed by atoms with Gasteiger partial charge in [-0.15, -0.1) is 0 Å². The summed E-state index contributed by atoms with van der Waals surface area (Å²) in [6, 6.07) is 55.0. The summed E-state index contributed by atoms with van der Waals surface area (Å²) in [6.07, 6.45) is 2.30. The number of nitrogens with zero attached hydrogens (tertiary/aromatic N) is 2. The minimum Gasteiger partial charge on any atom is -0.450 e. The second-order valence-electron chi connectivity index (χ2n) is 23.7. The van der Waals surface area contributed by atoms with Crippen molar-refractivity contribution in [2.45, 2.75) is 111 Å². The first-order chi connectivity index (χ1) is 33.4. The van der Waals surface area contributed by atoms with Gasteiger partial charge in [0.2, 0.25) is 0 Å². The molecule has 5 aliphatic rings. The lowest BCUT2D eigenvalue weighted by Gasteiger charge is -2.48. The fourth-order valence-electron chi connectivity index (χ4n) is 12.9. The van der Waals surface area contributed by atoms with Crippen molar-refractivity contribution in [2.24, 2.45) is 0 Å².